The Labute approximate surface area is 202 Å². The maximum absolute atomic E-state index is 14.9. The normalized spacial score (nSPS) is 15.1. The molecule has 0 aliphatic carbocycles. The van der Waals surface area contributed by atoms with E-state index in [1.54, 1.807) is 12.1 Å². The third kappa shape index (κ3) is 5.76. The first-order valence-electron chi connectivity index (χ1n) is 10.5. The number of pyridine rings is 1. The molecule has 1 aromatic heterocycles. The second kappa shape index (κ2) is 10.6. The summed E-state index contributed by atoms with van der Waals surface area (Å²) in [5.41, 5.74) is 4.09. The second-order valence-electron chi connectivity index (χ2n) is 7.90. The molecule has 1 N–H and O–H groups in total. The summed E-state index contributed by atoms with van der Waals surface area (Å²) in [5.74, 6) is -0.616. The molecule has 33 heavy (non-hydrogen) atoms. The molecule has 1 fully saturated rings. The molecule has 3 aromatic rings. The molecule has 1 saturated heterocycles. The Morgan fingerprint density at radius 2 is 1.91 bits per heavy atom. The molecule has 2 aromatic carbocycles. The average Bonchev–Trinajstić information content (AvgIpc) is 3.15. The Morgan fingerprint density at radius 3 is 2.58 bits per heavy atom. The number of anilines is 1. The van der Waals surface area contributed by atoms with Crippen LogP contribution in [0.25, 0.3) is 11.1 Å². The van der Waals surface area contributed by atoms with Crippen molar-refractivity contribution in [3.63, 3.8) is 0 Å². The van der Waals surface area contributed by atoms with Gasteiger partial charge in [-0.1, -0.05) is 24.3 Å². The van der Waals surface area contributed by atoms with Crippen LogP contribution in [0.1, 0.15) is 18.1 Å². The third-order valence-corrected chi connectivity index (χ3v) is 5.53. The molecule has 1 atom stereocenters. The van der Waals surface area contributed by atoms with Crippen LogP contribution in [0.3, 0.4) is 0 Å². The van der Waals surface area contributed by atoms with Gasteiger partial charge in [-0.05, 0) is 36.2 Å². The largest absolute Gasteiger partial charge is 1.00 e. The van der Waals surface area contributed by atoms with Gasteiger partial charge in [0, 0.05) is 30.2 Å². The number of aromatic nitrogens is 1. The first-order valence-corrected chi connectivity index (χ1v) is 10.5. The summed E-state index contributed by atoms with van der Waals surface area (Å²) in [6, 6.07) is 16.7. The molecule has 4 rings (SSSR count). The Kier molecular flexibility index (Phi) is 7.81. The van der Waals surface area contributed by atoms with Gasteiger partial charge in [0.15, 0.2) is 18.9 Å². The minimum atomic E-state index is -0.551. The maximum atomic E-state index is 14.9. The molecule has 2 heterocycles. The van der Waals surface area contributed by atoms with Gasteiger partial charge in [-0.15, -0.1) is 0 Å². The SMILES string of the molecule is CC(=O)NCC1CN(c2ccc(-c3cc[n+](Cc4ccccc4C)cc3)c(F)c2)C(=O)O1.[Br-]. The van der Waals surface area contributed by atoms with Gasteiger partial charge in [0.2, 0.25) is 5.91 Å². The van der Waals surface area contributed by atoms with E-state index in [9.17, 15) is 14.0 Å². The quantitative estimate of drug-likeness (QED) is 0.491. The van der Waals surface area contributed by atoms with Gasteiger partial charge in [0.1, 0.15) is 11.9 Å². The number of carbonyl (C=O) groups excluding carboxylic acids is 2. The van der Waals surface area contributed by atoms with Crippen molar-refractivity contribution < 1.29 is 40.3 Å². The lowest BCUT2D eigenvalue weighted by molar-refractivity contribution is -0.688. The van der Waals surface area contributed by atoms with Crippen LogP contribution in [0.15, 0.2) is 67.0 Å². The predicted molar refractivity (Wildman–Crippen MR) is 119 cm³/mol. The standard InChI is InChI=1S/C25H24FN3O3.BrH/c1-17-5-3-4-6-20(17)15-28-11-9-19(10-12-28)23-8-7-21(13-24(23)26)29-16-22(32-25(29)31)14-27-18(2)30;/h3-13,22H,14-16H2,1-2H3;1H. The van der Waals surface area contributed by atoms with Gasteiger partial charge in [0.05, 0.1) is 18.8 Å². The van der Waals surface area contributed by atoms with Crippen molar-refractivity contribution in [3.8, 4) is 11.1 Å². The Balaban J connectivity index is 0.00000306. The molecule has 1 aliphatic heterocycles. The van der Waals surface area contributed by atoms with E-state index in [2.05, 4.69) is 24.4 Å². The lowest BCUT2D eigenvalue weighted by atomic mass is 10.1. The van der Waals surface area contributed by atoms with Crippen LogP contribution in [0.5, 0.6) is 0 Å². The van der Waals surface area contributed by atoms with Crippen molar-refractivity contribution in [1.29, 1.82) is 0 Å². The number of nitrogens with zero attached hydrogens (tertiary/aromatic N) is 2. The van der Waals surface area contributed by atoms with E-state index in [4.69, 9.17) is 4.74 Å². The number of ether oxygens (including phenoxy) is 1. The number of amides is 2. The predicted octanol–water partition coefficient (Wildman–Crippen LogP) is 0.602. The fraction of sp³-hybridized carbons (Fsp3) is 0.240. The van der Waals surface area contributed by atoms with Gasteiger partial charge < -0.3 is 27.0 Å². The van der Waals surface area contributed by atoms with Crippen molar-refractivity contribution in [1.82, 2.24) is 5.32 Å². The maximum Gasteiger partial charge on any atom is 0.414 e. The van der Waals surface area contributed by atoms with Crippen LogP contribution in [-0.2, 0) is 16.1 Å². The number of aryl methyl sites for hydroxylation is 1. The van der Waals surface area contributed by atoms with Crippen LogP contribution < -0.4 is 31.8 Å². The zero-order valence-corrected chi connectivity index (χ0v) is 20.0. The number of carbonyl (C=O) groups is 2. The molecule has 0 spiro atoms. The molecular weight excluding hydrogens is 489 g/mol. The highest BCUT2D eigenvalue weighted by atomic mass is 79.9. The first-order chi connectivity index (χ1) is 15.4. The van der Waals surface area contributed by atoms with Crippen LogP contribution in [0.4, 0.5) is 14.9 Å². The lowest BCUT2D eigenvalue weighted by Gasteiger charge is -2.14. The number of halogens is 2. The topological polar surface area (TPSA) is 62.5 Å². The number of hydrogen-bond donors (Lipinski definition) is 1. The van der Waals surface area contributed by atoms with Gasteiger partial charge in [0.25, 0.3) is 0 Å². The Hall–Kier alpha value is -3.26. The van der Waals surface area contributed by atoms with Crippen LogP contribution in [0, 0.1) is 12.7 Å². The summed E-state index contributed by atoms with van der Waals surface area (Å²) in [6.07, 6.45) is 2.84. The molecule has 2 amide bonds. The van der Waals surface area contributed by atoms with Crippen molar-refractivity contribution >= 4 is 17.7 Å². The lowest BCUT2D eigenvalue weighted by Crippen LogP contribution is -3.00. The molecule has 1 aliphatic rings. The minimum absolute atomic E-state index is 0. The van der Waals surface area contributed by atoms with E-state index < -0.39 is 18.0 Å². The van der Waals surface area contributed by atoms with Crippen molar-refractivity contribution in [2.75, 3.05) is 18.0 Å². The first kappa shape index (κ1) is 24.4. The van der Waals surface area contributed by atoms with E-state index in [1.807, 2.05) is 41.2 Å². The third-order valence-electron chi connectivity index (χ3n) is 5.53. The van der Waals surface area contributed by atoms with E-state index >= 15 is 0 Å². The van der Waals surface area contributed by atoms with Gasteiger partial charge in [-0.2, -0.15) is 0 Å². The monoisotopic (exact) mass is 513 g/mol. The zero-order chi connectivity index (χ0) is 22.7. The molecule has 0 bridgehead atoms. The Bertz CT molecular complexity index is 1150. The van der Waals surface area contributed by atoms with Crippen molar-refractivity contribution in [3.05, 3.63) is 83.9 Å². The zero-order valence-electron chi connectivity index (χ0n) is 18.4. The van der Waals surface area contributed by atoms with Crippen molar-refractivity contribution in [2.45, 2.75) is 26.5 Å². The van der Waals surface area contributed by atoms with Gasteiger partial charge in [-0.3, -0.25) is 9.69 Å². The van der Waals surface area contributed by atoms with Gasteiger partial charge in [-0.25, -0.2) is 13.8 Å². The summed E-state index contributed by atoms with van der Waals surface area (Å²) in [7, 11) is 0. The summed E-state index contributed by atoms with van der Waals surface area (Å²) >= 11 is 0. The summed E-state index contributed by atoms with van der Waals surface area (Å²) in [5, 5.41) is 2.63. The number of rotatable bonds is 6. The van der Waals surface area contributed by atoms with Crippen molar-refractivity contribution in [2.24, 2.45) is 0 Å². The molecular formula is C25H25BrFN3O3. The number of nitrogens with one attached hydrogen (secondary N) is 1. The molecule has 8 heteroatoms. The average molecular weight is 514 g/mol. The molecule has 0 radical (unpaired) electrons. The van der Waals surface area contributed by atoms with Crippen LogP contribution in [0.2, 0.25) is 0 Å². The summed E-state index contributed by atoms with van der Waals surface area (Å²) < 4.78 is 22.2. The van der Waals surface area contributed by atoms with E-state index in [0.29, 0.717) is 11.3 Å². The number of benzene rings is 2. The number of hydrogen-bond acceptors (Lipinski definition) is 3. The molecule has 1 unspecified atom stereocenters. The fourth-order valence-corrected chi connectivity index (χ4v) is 3.73. The second-order valence-corrected chi connectivity index (χ2v) is 7.90. The minimum Gasteiger partial charge on any atom is -1.00 e. The fourth-order valence-electron chi connectivity index (χ4n) is 3.73. The molecule has 6 nitrogen and oxygen atoms in total. The van der Waals surface area contributed by atoms with Crippen LogP contribution in [-0.4, -0.2) is 31.2 Å². The summed E-state index contributed by atoms with van der Waals surface area (Å²) in [4.78, 5) is 24.6. The highest BCUT2D eigenvalue weighted by molar-refractivity contribution is 5.90. The molecule has 0 saturated carbocycles. The number of cyclic esters (lactones) is 1. The van der Waals surface area contributed by atoms with E-state index in [-0.39, 0.29) is 36.0 Å². The van der Waals surface area contributed by atoms with Crippen LogP contribution >= 0.6 is 0 Å². The highest BCUT2D eigenvalue weighted by Gasteiger charge is 2.32. The Morgan fingerprint density at radius 1 is 1.18 bits per heavy atom. The van der Waals surface area contributed by atoms with Gasteiger partial charge >= 0.3 is 6.09 Å². The smallest absolute Gasteiger partial charge is 0.414 e. The molecule has 172 valence electrons. The highest BCUT2D eigenvalue weighted by Crippen LogP contribution is 2.28. The van der Waals surface area contributed by atoms with E-state index in [1.165, 1.54) is 29.0 Å². The van der Waals surface area contributed by atoms with E-state index in [0.717, 1.165) is 12.1 Å². The summed E-state index contributed by atoms with van der Waals surface area (Å²) in [6.45, 7) is 4.70.